The molecule has 8 heteroatoms. The van der Waals surface area contributed by atoms with E-state index in [4.69, 9.17) is 9.47 Å². The van der Waals surface area contributed by atoms with Crippen molar-refractivity contribution in [2.24, 2.45) is 5.10 Å². The average molecular weight is 399 g/mol. The largest absolute Gasteiger partial charge is 0.493 e. The van der Waals surface area contributed by atoms with Crippen LogP contribution in [0.5, 0.6) is 11.5 Å². The molecule has 0 saturated heterocycles. The number of ether oxygens (including phenoxy) is 2. The summed E-state index contributed by atoms with van der Waals surface area (Å²) in [4.78, 5) is 12.0. The van der Waals surface area contributed by atoms with Gasteiger partial charge in [0.1, 0.15) is 6.23 Å². The summed E-state index contributed by atoms with van der Waals surface area (Å²) >= 11 is 1.62. The summed E-state index contributed by atoms with van der Waals surface area (Å²) in [6.07, 6.45) is 0.581. The standard InChI is InChI=1S/C20H21N3O4S/c1-26-16-8-7-13(9-17(16)27-2)20(25)21-11-19(24)23-22-10-14-12-28-18-6-4-3-5-15(14)18/h3-10,12,20-21,25H,11H2,1-2H3,(H,23,24)/b22-10+. The Bertz CT molecular complexity index is 986. The lowest BCUT2D eigenvalue weighted by Crippen LogP contribution is -2.33. The number of thiophene rings is 1. The van der Waals surface area contributed by atoms with E-state index in [0.29, 0.717) is 17.1 Å². The predicted octanol–water partition coefficient (Wildman–Crippen LogP) is 2.65. The van der Waals surface area contributed by atoms with Gasteiger partial charge in [0.05, 0.1) is 27.0 Å². The van der Waals surface area contributed by atoms with Gasteiger partial charge in [0.2, 0.25) is 0 Å². The van der Waals surface area contributed by atoms with Gasteiger partial charge >= 0.3 is 0 Å². The topological polar surface area (TPSA) is 92.2 Å². The lowest BCUT2D eigenvalue weighted by molar-refractivity contribution is -0.120. The maximum atomic E-state index is 12.0. The fourth-order valence-electron chi connectivity index (χ4n) is 2.64. The van der Waals surface area contributed by atoms with Crippen LogP contribution in [0, 0.1) is 0 Å². The first-order chi connectivity index (χ1) is 13.6. The zero-order valence-electron chi connectivity index (χ0n) is 15.5. The highest BCUT2D eigenvalue weighted by Crippen LogP contribution is 2.29. The minimum atomic E-state index is -1.03. The Balaban J connectivity index is 1.52. The van der Waals surface area contributed by atoms with E-state index >= 15 is 0 Å². The van der Waals surface area contributed by atoms with E-state index in [1.165, 1.54) is 14.2 Å². The van der Waals surface area contributed by atoms with Crippen molar-refractivity contribution in [1.82, 2.24) is 10.7 Å². The fraction of sp³-hybridized carbons (Fsp3) is 0.200. The summed E-state index contributed by atoms with van der Waals surface area (Å²) in [5.74, 6) is 0.694. The van der Waals surface area contributed by atoms with Crippen LogP contribution >= 0.6 is 11.3 Å². The van der Waals surface area contributed by atoms with Gasteiger partial charge in [-0.1, -0.05) is 24.3 Å². The van der Waals surface area contributed by atoms with Crippen molar-refractivity contribution >= 4 is 33.5 Å². The van der Waals surface area contributed by atoms with Crippen LogP contribution in [0.3, 0.4) is 0 Å². The van der Waals surface area contributed by atoms with Gasteiger partial charge in [-0.2, -0.15) is 5.10 Å². The first-order valence-corrected chi connectivity index (χ1v) is 9.42. The summed E-state index contributed by atoms with van der Waals surface area (Å²) < 4.78 is 11.5. The van der Waals surface area contributed by atoms with Crippen LogP contribution < -0.4 is 20.2 Å². The molecule has 1 atom stereocenters. The third-order valence-electron chi connectivity index (χ3n) is 4.08. The van der Waals surface area contributed by atoms with E-state index in [1.54, 1.807) is 35.8 Å². The van der Waals surface area contributed by atoms with Crippen molar-refractivity contribution in [2.75, 3.05) is 20.8 Å². The molecule has 0 aliphatic carbocycles. The van der Waals surface area contributed by atoms with Crippen molar-refractivity contribution in [3.05, 3.63) is 59.0 Å². The highest BCUT2D eigenvalue weighted by Gasteiger charge is 2.12. The molecule has 3 aromatic rings. The zero-order valence-corrected chi connectivity index (χ0v) is 16.3. The predicted molar refractivity (Wildman–Crippen MR) is 110 cm³/mol. The van der Waals surface area contributed by atoms with Crippen LogP contribution in [0.2, 0.25) is 0 Å². The van der Waals surface area contributed by atoms with Gasteiger partial charge in [0.25, 0.3) is 5.91 Å². The van der Waals surface area contributed by atoms with E-state index in [2.05, 4.69) is 15.8 Å². The summed E-state index contributed by atoms with van der Waals surface area (Å²) in [6.45, 7) is -0.1000. The second-order valence-electron chi connectivity index (χ2n) is 5.88. The van der Waals surface area contributed by atoms with Gasteiger partial charge in [0, 0.05) is 21.0 Å². The van der Waals surface area contributed by atoms with E-state index < -0.39 is 6.23 Å². The van der Waals surface area contributed by atoms with Gasteiger partial charge < -0.3 is 14.6 Å². The number of carbonyl (C=O) groups is 1. The zero-order chi connectivity index (χ0) is 19.9. The maximum Gasteiger partial charge on any atom is 0.254 e. The quantitative estimate of drug-likeness (QED) is 0.308. The Labute approximate surface area is 166 Å². The Morgan fingerprint density at radius 3 is 2.79 bits per heavy atom. The molecule has 3 N–H and O–H groups in total. The highest BCUT2D eigenvalue weighted by atomic mass is 32.1. The number of amides is 1. The Morgan fingerprint density at radius 2 is 2.00 bits per heavy atom. The molecule has 0 aliphatic heterocycles. The molecule has 0 aliphatic rings. The van der Waals surface area contributed by atoms with Crippen LogP contribution in [0.15, 0.2) is 52.9 Å². The summed E-state index contributed by atoms with van der Waals surface area (Å²) in [5.41, 5.74) is 3.95. The molecule has 7 nitrogen and oxygen atoms in total. The summed E-state index contributed by atoms with van der Waals surface area (Å²) in [7, 11) is 3.06. The summed E-state index contributed by atoms with van der Waals surface area (Å²) in [5, 5.41) is 20.0. The number of carbonyl (C=O) groups excluding carboxylic acids is 1. The molecule has 0 spiro atoms. The molecule has 0 saturated carbocycles. The normalized spacial score (nSPS) is 12.2. The molecular formula is C20H21N3O4S. The highest BCUT2D eigenvalue weighted by molar-refractivity contribution is 7.17. The molecule has 0 fully saturated rings. The van der Waals surface area contributed by atoms with Crippen molar-refractivity contribution in [3.8, 4) is 11.5 Å². The Kier molecular flexibility index (Phi) is 6.59. The molecule has 28 heavy (non-hydrogen) atoms. The number of hydrogen-bond donors (Lipinski definition) is 3. The van der Waals surface area contributed by atoms with Crippen LogP contribution in [0.4, 0.5) is 0 Å². The van der Waals surface area contributed by atoms with Crippen LogP contribution in [-0.2, 0) is 4.79 Å². The molecule has 1 heterocycles. The number of aliphatic hydroxyl groups is 1. The summed E-state index contributed by atoms with van der Waals surface area (Å²) in [6, 6.07) is 13.0. The molecule has 2 aromatic carbocycles. The number of nitrogens with zero attached hydrogens (tertiary/aromatic N) is 1. The van der Waals surface area contributed by atoms with Crippen molar-refractivity contribution < 1.29 is 19.4 Å². The molecule has 3 rings (SSSR count). The van der Waals surface area contributed by atoms with E-state index in [9.17, 15) is 9.90 Å². The van der Waals surface area contributed by atoms with E-state index in [0.717, 1.165) is 15.6 Å². The number of hydrogen-bond acceptors (Lipinski definition) is 7. The Hall–Kier alpha value is -2.94. The van der Waals surface area contributed by atoms with Crippen LogP contribution in [0.25, 0.3) is 10.1 Å². The van der Waals surface area contributed by atoms with E-state index in [-0.39, 0.29) is 12.5 Å². The molecule has 1 unspecified atom stereocenters. The molecule has 0 bridgehead atoms. The minimum Gasteiger partial charge on any atom is -0.493 e. The number of fused-ring (bicyclic) bond motifs is 1. The van der Waals surface area contributed by atoms with Gasteiger partial charge in [-0.25, -0.2) is 5.43 Å². The van der Waals surface area contributed by atoms with Crippen molar-refractivity contribution in [1.29, 1.82) is 0 Å². The van der Waals surface area contributed by atoms with E-state index in [1.807, 2.05) is 29.6 Å². The third kappa shape index (κ3) is 4.66. The Morgan fingerprint density at radius 1 is 1.21 bits per heavy atom. The first-order valence-electron chi connectivity index (χ1n) is 8.54. The van der Waals surface area contributed by atoms with Crippen molar-refractivity contribution in [3.63, 3.8) is 0 Å². The van der Waals surface area contributed by atoms with Crippen LogP contribution in [0.1, 0.15) is 17.4 Å². The second kappa shape index (κ2) is 9.32. The van der Waals surface area contributed by atoms with Gasteiger partial charge in [0.15, 0.2) is 11.5 Å². The average Bonchev–Trinajstić information content (AvgIpc) is 3.14. The maximum absolute atomic E-state index is 12.0. The number of methoxy groups -OCH3 is 2. The number of nitrogens with one attached hydrogen (secondary N) is 2. The third-order valence-corrected chi connectivity index (χ3v) is 5.06. The lowest BCUT2D eigenvalue weighted by Gasteiger charge is -2.15. The number of aliphatic hydroxyl groups excluding tert-OH is 1. The smallest absolute Gasteiger partial charge is 0.254 e. The van der Waals surface area contributed by atoms with Gasteiger partial charge in [-0.15, -0.1) is 11.3 Å². The molecule has 146 valence electrons. The fourth-order valence-corrected chi connectivity index (χ4v) is 3.55. The molecule has 1 amide bonds. The second-order valence-corrected chi connectivity index (χ2v) is 6.79. The number of rotatable bonds is 8. The SMILES string of the molecule is COc1ccc(C(O)NCC(=O)N/N=C/c2csc3ccccc23)cc1OC. The van der Waals surface area contributed by atoms with Gasteiger partial charge in [-0.3, -0.25) is 10.1 Å². The lowest BCUT2D eigenvalue weighted by atomic mass is 10.1. The van der Waals surface area contributed by atoms with Gasteiger partial charge in [-0.05, 0) is 23.8 Å². The van der Waals surface area contributed by atoms with Crippen molar-refractivity contribution in [2.45, 2.75) is 6.23 Å². The first kappa shape index (κ1) is 19.8. The monoisotopic (exact) mass is 399 g/mol. The minimum absolute atomic E-state index is 0.1000. The molecule has 1 aromatic heterocycles. The number of hydrazone groups is 1. The van der Waals surface area contributed by atoms with Crippen LogP contribution in [-0.4, -0.2) is 38.0 Å². The number of benzene rings is 2. The molecular weight excluding hydrogens is 378 g/mol. The molecule has 0 radical (unpaired) electrons.